The second-order valence-electron chi connectivity index (χ2n) is 4.34. The maximum atomic E-state index is 11.3. The zero-order chi connectivity index (χ0) is 14.3. The van der Waals surface area contributed by atoms with Gasteiger partial charge in [-0.25, -0.2) is 4.79 Å². The highest BCUT2D eigenvalue weighted by molar-refractivity contribution is 6.00. The smallest absolute Gasteiger partial charge is 0.336 e. The van der Waals surface area contributed by atoms with Gasteiger partial charge >= 0.3 is 5.63 Å². The van der Waals surface area contributed by atoms with Gasteiger partial charge in [-0.05, 0) is 19.1 Å². The van der Waals surface area contributed by atoms with Crippen molar-refractivity contribution in [2.75, 3.05) is 0 Å². The molecule has 0 aliphatic heterocycles. The minimum absolute atomic E-state index is 0.431. The molecule has 2 heterocycles. The van der Waals surface area contributed by atoms with E-state index in [9.17, 15) is 14.9 Å². The van der Waals surface area contributed by atoms with Crippen LogP contribution in [0.4, 0.5) is 0 Å². The number of fused-ring (bicyclic) bond motifs is 2. The van der Waals surface area contributed by atoms with Crippen LogP contribution in [0.3, 0.4) is 0 Å². The molecule has 0 amide bonds. The largest absolute Gasteiger partial charge is 0.463 e. The van der Waals surface area contributed by atoms with E-state index in [4.69, 9.17) is 8.83 Å². The lowest BCUT2D eigenvalue weighted by atomic mass is 10.1. The number of benzene rings is 1. The Kier molecular flexibility index (Phi) is 2.64. The number of furan rings is 1. The Morgan fingerprint density at radius 2 is 2.10 bits per heavy atom. The molecule has 0 fully saturated rings. The molecule has 3 aromatic rings. The summed E-state index contributed by atoms with van der Waals surface area (Å²) < 4.78 is 10.6. The number of hydrogen-bond acceptors (Lipinski definition) is 5. The van der Waals surface area contributed by atoms with Crippen LogP contribution in [0.15, 0.2) is 44.3 Å². The molecule has 20 heavy (non-hydrogen) atoms. The number of rotatable bonds is 2. The van der Waals surface area contributed by atoms with Gasteiger partial charge in [-0.2, -0.15) is 0 Å². The van der Waals surface area contributed by atoms with E-state index in [1.54, 1.807) is 19.1 Å². The maximum absolute atomic E-state index is 11.3. The average molecular weight is 271 g/mol. The van der Waals surface area contributed by atoms with E-state index in [0.29, 0.717) is 22.3 Å². The van der Waals surface area contributed by atoms with Crippen LogP contribution < -0.4 is 5.63 Å². The number of nitro groups is 1. The first-order valence-corrected chi connectivity index (χ1v) is 5.82. The van der Waals surface area contributed by atoms with E-state index in [1.165, 1.54) is 18.4 Å². The Morgan fingerprint density at radius 1 is 1.30 bits per heavy atom. The molecule has 3 rings (SSSR count). The normalized spacial score (nSPS) is 11.7. The van der Waals surface area contributed by atoms with Gasteiger partial charge in [0.25, 0.3) is 0 Å². The Bertz CT molecular complexity index is 916. The molecule has 0 saturated heterocycles. The minimum atomic E-state index is -0.536. The SMILES string of the molecule is Cc1c2oc(=O)ccc2cc2c(/C=C/[N+](=O)[O-])coc12. The molecule has 0 unspecified atom stereocenters. The molecule has 6 heteroatoms. The van der Waals surface area contributed by atoms with Gasteiger partial charge in [0.2, 0.25) is 6.20 Å². The number of aryl methyl sites for hydroxylation is 1. The third-order valence-corrected chi connectivity index (χ3v) is 3.08. The predicted octanol–water partition coefficient (Wildman–Crippen LogP) is 3.10. The quantitative estimate of drug-likeness (QED) is 0.406. The first-order valence-electron chi connectivity index (χ1n) is 5.82. The Balaban J connectivity index is 2.34. The molecule has 2 aromatic heterocycles. The van der Waals surface area contributed by atoms with Crippen LogP contribution in [0.5, 0.6) is 0 Å². The van der Waals surface area contributed by atoms with Crippen LogP contribution >= 0.6 is 0 Å². The van der Waals surface area contributed by atoms with Crippen LogP contribution in [-0.2, 0) is 0 Å². The number of nitrogens with zero attached hydrogens (tertiary/aromatic N) is 1. The van der Waals surface area contributed by atoms with E-state index in [1.807, 2.05) is 0 Å². The van der Waals surface area contributed by atoms with Crippen molar-refractivity contribution in [3.8, 4) is 0 Å². The average Bonchev–Trinajstić information content (AvgIpc) is 2.81. The molecule has 0 aliphatic carbocycles. The second kappa shape index (κ2) is 4.34. The third kappa shape index (κ3) is 1.87. The van der Waals surface area contributed by atoms with Crippen LogP contribution in [-0.4, -0.2) is 4.92 Å². The lowest BCUT2D eigenvalue weighted by Gasteiger charge is -2.01. The monoisotopic (exact) mass is 271 g/mol. The second-order valence-corrected chi connectivity index (χ2v) is 4.34. The van der Waals surface area contributed by atoms with Crippen LogP contribution in [0, 0.1) is 17.0 Å². The van der Waals surface area contributed by atoms with Crippen molar-refractivity contribution < 1.29 is 13.8 Å². The van der Waals surface area contributed by atoms with Gasteiger partial charge in [-0.3, -0.25) is 10.1 Å². The molecule has 0 spiro atoms. The lowest BCUT2D eigenvalue weighted by Crippen LogP contribution is -1.95. The van der Waals surface area contributed by atoms with Crippen molar-refractivity contribution >= 4 is 28.0 Å². The first-order chi connectivity index (χ1) is 9.56. The molecule has 0 saturated carbocycles. The topological polar surface area (TPSA) is 86.5 Å². The van der Waals surface area contributed by atoms with Crippen molar-refractivity contribution in [3.63, 3.8) is 0 Å². The highest BCUT2D eigenvalue weighted by Gasteiger charge is 2.12. The summed E-state index contributed by atoms with van der Waals surface area (Å²) in [6.07, 6.45) is 3.67. The van der Waals surface area contributed by atoms with Crippen molar-refractivity contribution in [1.29, 1.82) is 0 Å². The zero-order valence-electron chi connectivity index (χ0n) is 10.5. The van der Waals surface area contributed by atoms with Crippen LogP contribution in [0.1, 0.15) is 11.1 Å². The minimum Gasteiger partial charge on any atom is -0.463 e. The summed E-state index contributed by atoms with van der Waals surface area (Å²) >= 11 is 0. The maximum Gasteiger partial charge on any atom is 0.336 e. The molecule has 0 atom stereocenters. The summed E-state index contributed by atoms with van der Waals surface area (Å²) in [6.45, 7) is 1.78. The highest BCUT2D eigenvalue weighted by Crippen LogP contribution is 2.31. The highest BCUT2D eigenvalue weighted by atomic mass is 16.6. The Labute approximate surface area is 112 Å². The van der Waals surface area contributed by atoms with Gasteiger partial charge in [0.15, 0.2) is 0 Å². The van der Waals surface area contributed by atoms with Gasteiger partial charge in [0, 0.05) is 34.0 Å². The summed E-state index contributed by atoms with van der Waals surface area (Å²) in [4.78, 5) is 21.1. The van der Waals surface area contributed by atoms with Crippen molar-refractivity contribution in [1.82, 2.24) is 0 Å². The van der Waals surface area contributed by atoms with Gasteiger partial charge in [0.1, 0.15) is 11.2 Å². The molecule has 0 N–H and O–H groups in total. The molecule has 6 nitrogen and oxygen atoms in total. The molecule has 100 valence electrons. The van der Waals surface area contributed by atoms with Gasteiger partial charge in [-0.1, -0.05) is 0 Å². The van der Waals surface area contributed by atoms with E-state index < -0.39 is 10.5 Å². The zero-order valence-corrected chi connectivity index (χ0v) is 10.5. The van der Waals surface area contributed by atoms with E-state index in [2.05, 4.69) is 0 Å². The summed E-state index contributed by atoms with van der Waals surface area (Å²) in [6, 6.07) is 4.77. The lowest BCUT2D eigenvalue weighted by molar-refractivity contribution is -0.400. The summed E-state index contributed by atoms with van der Waals surface area (Å²) in [5, 5.41) is 11.9. The molecule has 0 bridgehead atoms. The molecule has 0 aliphatic rings. The standard InChI is InChI=1S/C14H9NO5/c1-8-13-9(2-3-12(16)20-13)6-11-10(4-5-15(17)18)7-19-14(8)11/h2-7H,1H3/b5-4+. The third-order valence-electron chi connectivity index (χ3n) is 3.08. The molecule has 1 aromatic carbocycles. The van der Waals surface area contributed by atoms with Crippen LogP contribution in [0.2, 0.25) is 0 Å². The number of hydrogen-bond donors (Lipinski definition) is 0. The summed E-state index contributed by atoms with van der Waals surface area (Å²) in [5.74, 6) is 0. The molecule has 0 radical (unpaired) electrons. The fraction of sp³-hybridized carbons (Fsp3) is 0.0714. The van der Waals surface area contributed by atoms with E-state index in [0.717, 1.165) is 17.0 Å². The Morgan fingerprint density at radius 3 is 2.85 bits per heavy atom. The van der Waals surface area contributed by atoms with E-state index in [-0.39, 0.29) is 0 Å². The van der Waals surface area contributed by atoms with E-state index >= 15 is 0 Å². The fourth-order valence-corrected chi connectivity index (χ4v) is 2.18. The van der Waals surface area contributed by atoms with Gasteiger partial charge in [0.05, 0.1) is 11.2 Å². The Hall–Kier alpha value is -2.89. The fourth-order valence-electron chi connectivity index (χ4n) is 2.18. The summed E-state index contributed by atoms with van der Waals surface area (Å²) in [5.41, 5.74) is 1.88. The molecular weight excluding hydrogens is 262 g/mol. The summed E-state index contributed by atoms with van der Waals surface area (Å²) in [7, 11) is 0. The van der Waals surface area contributed by atoms with Gasteiger partial charge < -0.3 is 8.83 Å². The molecular formula is C14H9NO5. The van der Waals surface area contributed by atoms with Gasteiger partial charge in [-0.15, -0.1) is 0 Å². The van der Waals surface area contributed by atoms with Crippen molar-refractivity contribution in [2.45, 2.75) is 6.92 Å². The predicted molar refractivity (Wildman–Crippen MR) is 73.0 cm³/mol. The van der Waals surface area contributed by atoms with Crippen molar-refractivity contribution in [3.05, 3.63) is 62.3 Å². The van der Waals surface area contributed by atoms with Crippen LogP contribution in [0.25, 0.3) is 28.0 Å². The van der Waals surface area contributed by atoms with Crippen molar-refractivity contribution in [2.24, 2.45) is 0 Å². The first kappa shape index (κ1) is 12.2.